The second-order valence-corrected chi connectivity index (χ2v) is 5.85. The zero-order valence-corrected chi connectivity index (χ0v) is 13.9. The fourth-order valence-corrected chi connectivity index (χ4v) is 2.13. The number of amides is 1. The number of benzene rings is 2. The van der Waals surface area contributed by atoms with Gasteiger partial charge < -0.3 is 10.1 Å². The maximum atomic E-state index is 11.9. The molecule has 0 radical (unpaired) electrons. The fourth-order valence-electron chi connectivity index (χ4n) is 1.74. The van der Waals surface area contributed by atoms with Crippen LogP contribution in [0.1, 0.15) is 15.9 Å². The predicted octanol–water partition coefficient (Wildman–Crippen LogP) is 4.22. The van der Waals surface area contributed by atoms with Crippen molar-refractivity contribution in [2.24, 2.45) is 0 Å². The number of carbonyl (C=O) groups excluding carboxylic acids is 1. The Kier molecular flexibility index (Phi) is 5.65. The lowest BCUT2D eigenvalue weighted by Gasteiger charge is -2.09. The fraction of sp³-hybridized carbons (Fsp3) is 0.188. The maximum absolute atomic E-state index is 11.9. The number of aryl methyl sites for hydroxylation is 1. The highest BCUT2D eigenvalue weighted by molar-refractivity contribution is 9.10. The smallest absolute Gasteiger partial charge is 0.251 e. The average Bonchev–Trinajstić information content (AvgIpc) is 2.47. The molecule has 0 saturated heterocycles. The third kappa shape index (κ3) is 4.76. The highest BCUT2D eigenvalue weighted by Crippen LogP contribution is 2.20. The molecule has 0 aromatic heterocycles. The van der Waals surface area contributed by atoms with E-state index < -0.39 is 0 Å². The molecule has 21 heavy (non-hydrogen) atoms. The molecule has 0 bridgehead atoms. The van der Waals surface area contributed by atoms with Gasteiger partial charge in [0.1, 0.15) is 12.4 Å². The Hall–Kier alpha value is -1.52. The Morgan fingerprint density at radius 3 is 2.62 bits per heavy atom. The first-order valence-electron chi connectivity index (χ1n) is 6.49. The Morgan fingerprint density at radius 1 is 1.24 bits per heavy atom. The van der Waals surface area contributed by atoms with E-state index in [2.05, 4.69) is 21.2 Å². The van der Waals surface area contributed by atoms with Crippen LogP contribution < -0.4 is 10.1 Å². The van der Waals surface area contributed by atoms with E-state index in [4.69, 9.17) is 16.3 Å². The molecule has 1 amide bonds. The largest absolute Gasteiger partial charge is 0.492 e. The molecule has 5 heteroatoms. The highest BCUT2D eigenvalue weighted by Gasteiger charge is 2.04. The van der Waals surface area contributed by atoms with Gasteiger partial charge in [0, 0.05) is 15.1 Å². The summed E-state index contributed by atoms with van der Waals surface area (Å²) in [5.74, 6) is 0.633. The summed E-state index contributed by atoms with van der Waals surface area (Å²) in [4.78, 5) is 11.9. The van der Waals surface area contributed by atoms with Crippen molar-refractivity contribution in [2.75, 3.05) is 13.2 Å². The molecule has 0 saturated carbocycles. The van der Waals surface area contributed by atoms with Gasteiger partial charge in [0.2, 0.25) is 0 Å². The van der Waals surface area contributed by atoms with Gasteiger partial charge in [-0.25, -0.2) is 0 Å². The zero-order valence-electron chi connectivity index (χ0n) is 11.5. The molecular formula is C16H15BrClNO2. The third-order valence-electron chi connectivity index (χ3n) is 2.89. The molecule has 3 nitrogen and oxygen atoms in total. The van der Waals surface area contributed by atoms with E-state index in [1.807, 2.05) is 31.2 Å². The molecule has 0 aliphatic rings. The maximum Gasteiger partial charge on any atom is 0.251 e. The minimum Gasteiger partial charge on any atom is -0.492 e. The Labute approximate surface area is 137 Å². The van der Waals surface area contributed by atoms with Crippen LogP contribution in [0.4, 0.5) is 0 Å². The van der Waals surface area contributed by atoms with E-state index in [0.717, 1.165) is 15.8 Å². The summed E-state index contributed by atoms with van der Waals surface area (Å²) in [6.45, 7) is 2.77. The number of rotatable bonds is 5. The Morgan fingerprint density at radius 2 is 1.95 bits per heavy atom. The van der Waals surface area contributed by atoms with Gasteiger partial charge in [-0.3, -0.25) is 4.79 Å². The molecule has 2 rings (SSSR count). The number of carbonyl (C=O) groups is 1. The zero-order chi connectivity index (χ0) is 15.2. The molecule has 110 valence electrons. The lowest BCUT2D eigenvalue weighted by molar-refractivity contribution is 0.0947. The molecule has 0 aliphatic carbocycles. The number of halogens is 2. The van der Waals surface area contributed by atoms with Crippen LogP contribution in [0.5, 0.6) is 5.75 Å². The number of hydrogen-bond acceptors (Lipinski definition) is 2. The average molecular weight is 369 g/mol. The first-order valence-corrected chi connectivity index (χ1v) is 7.66. The Bertz CT molecular complexity index is 629. The molecule has 0 heterocycles. The normalized spacial score (nSPS) is 10.2. The van der Waals surface area contributed by atoms with E-state index in [0.29, 0.717) is 23.7 Å². The second kappa shape index (κ2) is 7.48. The summed E-state index contributed by atoms with van der Waals surface area (Å²) in [5.41, 5.74) is 1.59. The molecule has 1 N–H and O–H groups in total. The molecule has 0 unspecified atom stereocenters. The van der Waals surface area contributed by atoms with Crippen LogP contribution in [0.3, 0.4) is 0 Å². The van der Waals surface area contributed by atoms with Crippen molar-refractivity contribution in [1.29, 1.82) is 0 Å². The molecule has 0 aliphatic heterocycles. The van der Waals surface area contributed by atoms with Gasteiger partial charge in [0.15, 0.2) is 0 Å². The first-order chi connectivity index (χ1) is 10.1. The van der Waals surface area contributed by atoms with Crippen molar-refractivity contribution in [3.05, 3.63) is 63.1 Å². The van der Waals surface area contributed by atoms with Crippen molar-refractivity contribution in [1.82, 2.24) is 5.32 Å². The standard InChI is InChI=1S/C16H15BrClNO2/c1-11-10-14(6-7-15(11)18)21-9-8-19-16(20)12-2-4-13(17)5-3-12/h2-7,10H,8-9H2,1H3,(H,19,20). The van der Waals surface area contributed by atoms with Gasteiger partial charge in [0.25, 0.3) is 5.91 Å². The first kappa shape index (κ1) is 15.9. The summed E-state index contributed by atoms with van der Waals surface area (Å²) in [6, 6.07) is 12.7. The van der Waals surface area contributed by atoms with E-state index in [1.54, 1.807) is 18.2 Å². The van der Waals surface area contributed by atoms with Gasteiger partial charge in [0.05, 0.1) is 6.54 Å². The topological polar surface area (TPSA) is 38.3 Å². The summed E-state index contributed by atoms with van der Waals surface area (Å²) < 4.78 is 6.51. The van der Waals surface area contributed by atoms with Crippen molar-refractivity contribution in [3.63, 3.8) is 0 Å². The summed E-state index contributed by atoms with van der Waals surface area (Å²) in [6.07, 6.45) is 0. The van der Waals surface area contributed by atoms with Crippen molar-refractivity contribution in [3.8, 4) is 5.75 Å². The molecule has 0 atom stereocenters. The monoisotopic (exact) mass is 367 g/mol. The van der Waals surface area contributed by atoms with Crippen molar-refractivity contribution >= 4 is 33.4 Å². The van der Waals surface area contributed by atoms with Crippen LogP contribution in [-0.4, -0.2) is 19.1 Å². The van der Waals surface area contributed by atoms with Crippen molar-refractivity contribution in [2.45, 2.75) is 6.92 Å². The summed E-state index contributed by atoms with van der Waals surface area (Å²) in [7, 11) is 0. The van der Waals surface area contributed by atoms with Crippen LogP contribution in [-0.2, 0) is 0 Å². The van der Waals surface area contributed by atoms with Gasteiger partial charge in [-0.15, -0.1) is 0 Å². The second-order valence-electron chi connectivity index (χ2n) is 4.52. The quantitative estimate of drug-likeness (QED) is 0.803. The molecular weight excluding hydrogens is 354 g/mol. The van der Waals surface area contributed by atoms with Crippen LogP contribution >= 0.6 is 27.5 Å². The number of hydrogen-bond donors (Lipinski definition) is 1. The number of nitrogens with one attached hydrogen (secondary N) is 1. The summed E-state index contributed by atoms with van der Waals surface area (Å²) in [5, 5.41) is 3.52. The minimum absolute atomic E-state index is 0.113. The minimum atomic E-state index is -0.113. The highest BCUT2D eigenvalue weighted by atomic mass is 79.9. The van der Waals surface area contributed by atoms with Crippen LogP contribution in [0.2, 0.25) is 5.02 Å². The lowest BCUT2D eigenvalue weighted by atomic mass is 10.2. The van der Waals surface area contributed by atoms with E-state index in [9.17, 15) is 4.79 Å². The summed E-state index contributed by atoms with van der Waals surface area (Å²) >= 11 is 9.28. The molecule has 2 aromatic rings. The lowest BCUT2D eigenvalue weighted by Crippen LogP contribution is -2.28. The Balaban J connectivity index is 1.77. The number of ether oxygens (including phenoxy) is 1. The third-order valence-corrected chi connectivity index (χ3v) is 3.84. The van der Waals surface area contributed by atoms with Gasteiger partial charge in [-0.2, -0.15) is 0 Å². The molecule has 0 fully saturated rings. The van der Waals surface area contributed by atoms with Gasteiger partial charge >= 0.3 is 0 Å². The van der Waals surface area contributed by atoms with Crippen LogP contribution in [0.15, 0.2) is 46.9 Å². The SMILES string of the molecule is Cc1cc(OCCNC(=O)c2ccc(Br)cc2)ccc1Cl. The van der Waals surface area contributed by atoms with E-state index in [-0.39, 0.29) is 5.91 Å². The van der Waals surface area contributed by atoms with Crippen LogP contribution in [0.25, 0.3) is 0 Å². The van der Waals surface area contributed by atoms with Crippen LogP contribution in [0, 0.1) is 6.92 Å². The van der Waals surface area contributed by atoms with Gasteiger partial charge in [-0.05, 0) is 55.0 Å². The van der Waals surface area contributed by atoms with E-state index in [1.165, 1.54) is 0 Å². The van der Waals surface area contributed by atoms with E-state index >= 15 is 0 Å². The van der Waals surface area contributed by atoms with Gasteiger partial charge in [-0.1, -0.05) is 27.5 Å². The van der Waals surface area contributed by atoms with Crippen molar-refractivity contribution < 1.29 is 9.53 Å². The molecule has 0 spiro atoms. The predicted molar refractivity (Wildman–Crippen MR) is 88.2 cm³/mol. The molecule has 2 aromatic carbocycles.